The Kier molecular flexibility index (Phi) is 6.92. The second-order valence-corrected chi connectivity index (χ2v) is 8.66. The predicted octanol–water partition coefficient (Wildman–Crippen LogP) is 5.61. The molecule has 0 aliphatic carbocycles. The van der Waals surface area contributed by atoms with Crippen LogP contribution in [0.5, 0.6) is 17.2 Å². The van der Waals surface area contributed by atoms with Crippen LogP contribution in [-0.4, -0.2) is 10.9 Å². The van der Waals surface area contributed by atoms with Crippen molar-refractivity contribution in [1.82, 2.24) is 0 Å². The van der Waals surface area contributed by atoms with Gasteiger partial charge in [-0.3, -0.25) is 10.1 Å². The Bertz CT molecular complexity index is 1610. The van der Waals surface area contributed by atoms with Gasteiger partial charge in [-0.15, -0.1) is 0 Å². The van der Waals surface area contributed by atoms with Crippen LogP contribution in [0.3, 0.4) is 0 Å². The maximum Gasteiger partial charge on any atom is 0.343 e. The number of benzene rings is 4. The van der Waals surface area contributed by atoms with E-state index in [1.165, 1.54) is 30.3 Å². The molecule has 0 saturated heterocycles. The highest BCUT2D eigenvalue weighted by molar-refractivity contribution is 5.91. The van der Waals surface area contributed by atoms with Gasteiger partial charge in [-0.1, -0.05) is 48.5 Å². The van der Waals surface area contributed by atoms with Crippen LogP contribution in [0.4, 0.5) is 5.69 Å². The Labute approximate surface area is 223 Å². The van der Waals surface area contributed by atoms with E-state index in [0.717, 1.165) is 11.1 Å². The lowest BCUT2D eigenvalue weighted by Crippen LogP contribution is -2.21. The topological polar surface area (TPSA) is 138 Å². The molecule has 4 aromatic carbocycles. The number of carbonyl (C=O) groups excluding carboxylic acids is 1. The van der Waals surface area contributed by atoms with Crippen LogP contribution in [0.1, 0.15) is 33.0 Å². The molecule has 1 aliphatic heterocycles. The van der Waals surface area contributed by atoms with Crippen LogP contribution >= 0.6 is 0 Å². The zero-order chi connectivity index (χ0) is 27.4. The van der Waals surface area contributed by atoms with Crippen LogP contribution < -0.4 is 19.9 Å². The molecule has 1 unspecified atom stereocenters. The molecule has 9 heteroatoms. The number of nitrogens with two attached hydrogens (primary N) is 1. The molecule has 4 aromatic rings. The predicted molar refractivity (Wildman–Crippen MR) is 141 cm³/mol. The molecule has 9 nitrogen and oxygen atoms in total. The first-order chi connectivity index (χ1) is 18.9. The summed E-state index contributed by atoms with van der Waals surface area (Å²) in [4.78, 5) is 22.9. The van der Waals surface area contributed by atoms with E-state index in [0.29, 0.717) is 23.7 Å². The molecule has 39 heavy (non-hydrogen) atoms. The molecule has 0 fully saturated rings. The normalized spacial score (nSPS) is 14.0. The quantitative estimate of drug-likeness (QED) is 0.144. The van der Waals surface area contributed by atoms with Gasteiger partial charge in [0, 0.05) is 23.8 Å². The number of hydrogen-bond acceptors (Lipinski definition) is 8. The molecule has 192 valence electrons. The number of rotatable bonds is 7. The third-order valence-corrected chi connectivity index (χ3v) is 6.18. The van der Waals surface area contributed by atoms with Crippen LogP contribution in [-0.2, 0) is 6.61 Å². The minimum Gasteiger partial charge on any atom is -0.489 e. The lowest BCUT2D eigenvalue weighted by Gasteiger charge is -2.26. The first-order valence-electron chi connectivity index (χ1n) is 11.9. The van der Waals surface area contributed by atoms with Gasteiger partial charge >= 0.3 is 5.97 Å². The minimum absolute atomic E-state index is 0.0433. The van der Waals surface area contributed by atoms with Crippen molar-refractivity contribution in [1.29, 1.82) is 5.26 Å². The number of esters is 1. The van der Waals surface area contributed by atoms with Crippen molar-refractivity contribution in [3.05, 3.63) is 141 Å². The number of allylic oxidation sites excluding steroid dienone is 1. The fourth-order valence-electron chi connectivity index (χ4n) is 4.22. The molecule has 0 amide bonds. The third kappa shape index (κ3) is 5.40. The molecule has 0 bridgehead atoms. The van der Waals surface area contributed by atoms with Gasteiger partial charge in [0.2, 0.25) is 5.88 Å². The first kappa shape index (κ1) is 25.0. The van der Waals surface area contributed by atoms with E-state index in [9.17, 15) is 20.2 Å². The van der Waals surface area contributed by atoms with Crippen molar-refractivity contribution in [3.63, 3.8) is 0 Å². The number of carbonyl (C=O) groups is 1. The summed E-state index contributed by atoms with van der Waals surface area (Å²) in [7, 11) is 0. The molecular formula is C30H21N3O6. The number of nitriles is 1. The van der Waals surface area contributed by atoms with Crippen molar-refractivity contribution in [2.45, 2.75) is 12.5 Å². The molecule has 1 heterocycles. The van der Waals surface area contributed by atoms with E-state index in [1.54, 1.807) is 12.1 Å². The van der Waals surface area contributed by atoms with E-state index in [4.69, 9.17) is 19.9 Å². The number of nitrogens with zero attached hydrogens (tertiary/aromatic N) is 2. The Morgan fingerprint density at radius 1 is 0.974 bits per heavy atom. The number of non-ortho nitro benzene ring substituents is 1. The standard InChI is InChI=1S/C30H21N3O6/c31-17-26-28(20-8-12-23(13-9-20)37-18-19-4-2-1-3-5-19)25-15-14-24(16-27(25)39-29(26)32)38-30(34)21-6-10-22(11-7-21)33(35)36/h1-16,28H,18,32H2. The summed E-state index contributed by atoms with van der Waals surface area (Å²) >= 11 is 0. The van der Waals surface area contributed by atoms with Gasteiger partial charge in [-0.2, -0.15) is 5.26 Å². The molecular weight excluding hydrogens is 498 g/mol. The number of hydrogen-bond donors (Lipinski definition) is 1. The van der Waals surface area contributed by atoms with E-state index in [-0.39, 0.29) is 28.5 Å². The molecule has 2 N–H and O–H groups in total. The molecule has 0 spiro atoms. The summed E-state index contributed by atoms with van der Waals surface area (Å²) in [6.45, 7) is 0.429. The maximum absolute atomic E-state index is 12.6. The summed E-state index contributed by atoms with van der Waals surface area (Å²) in [5, 5.41) is 20.7. The highest BCUT2D eigenvalue weighted by atomic mass is 16.6. The van der Waals surface area contributed by atoms with E-state index < -0.39 is 16.8 Å². The van der Waals surface area contributed by atoms with Gasteiger partial charge in [0.05, 0.1) is 16.4 Å². The Hall–Kier alpha value is -5.62. The Morgan fingerprint density at radius 2 is 1.67 bits per heavy atom. The fourth-order valence-corrected chi connectivity index (χ4v) is 4.22. The number of fused-ring (bicyclic) bond motifs is 1. The molecule has 1 aliphatic rings. The summed E-state index contributed by atoms with van der Waals surface area (Å²) in [6.07, 6.45) is 0. The van der Waals surface area contributed by atoms with Gasteiger partial charge in [-0.05, 0) is 41.5 Å². The van der Waals surface area contributed by atoms with E-state index in [1.807, 2.05) is 54.6 Å². The lowest BCUT2D eigenvalue weighted by molar-refractivity contribution is -0.384. The fraction of sp³-hybridized carbons (Fsp3) is 0.0667. The minimum atomic E-state index is -0.690. The maximum atomic E-state index is 12.6. The van der Waals surface area contributed by atoms with Crippen LogP contribution in [0.25, 0.3) is 0 Å². The van der Waals surface area contributed by atoms with Crippen molar-refractivity contribution >= 4 is 11.7 Å². The highest BCUT2D eigenvalue weighted by Gasteiger charge is 2.31. The van der Waals surface area contributed by atoms with Crippen molar-refractivity contribution < 1.29 is 23.9 Å². The van der Waals surface area contributed by atoms with Crippen LogP contribution in [0, 0.1) is 21.4 Å². The van der Waals surface area contributed by atoms with Gasteiger partial charge < -0.3 is 19.9 Å². The lowest BCUT2D eigenvalue weighted by atomic mass is 9.83. The molecule has 5 rings (SSSR count). The van der Waals surface area contributed by atoms with Crippen LogP contribution in [0.15, 0.2) is 109 Å². The van der Waals surface area contributed by atoms with Gasteiger partial charge in [0.25, 0.3) is 5.69 Å². The SMILES string of the molecule is N#CC1=C(N)Oc2cc(OC(=O)c3ccc([N+](=O)[O-])cc3)ccc2C1c1ccc(OCc2ccccc2)cc1. The van der Waals surface area contributed by atoms with Crippen LogP contribution in [0.2, 0.25) is 0 Å². The summed E-state index contributed by atoms with van der Waals surface area (Å²) < 4.78 is 17.0. The molecule has 1 atom stereocenters. The average molecular weight is 520 g/mol. The molecule has 0 aromatic heterocycles. The number of nitro groups is 1. The summed E-state index contributed by atoms with van der Waals surface area (Å²) in [6, 6.07) is 29.3. The Morgan fingerprint density at radius 3 is 2.33 bits per heavy atom. The smallest absolute Gasteiger partial charge is 0.343 e. The first-order valence-corrected chi connectivity index (χ1v) is 11.9. The second kappa shape index (κ2) is 10.8. The van der Waals surface area contributed by atoms with Crippen molar-refractivity contribution in [2.24, 2.45) is 5.73 Å². The second-order valence-electron chi connectivity index (χ2n) is 8.66. The molecule has 0 saturated carbocycles. The highest BCUT2D eigenvalue weighted by Crippen LogP contribution is 2.43. The monoisotopic (exact) mass is 519 g/mol. The number of ether oxygens (including phenoxy) is 3. The zero-order valence-electron chi connectivity index (χ0n) is 20.4. The average Bonchev–Trinajstić information content (AvgIpc) is 2.96. The van der Waals surface area contributed by atoms with Crippen molar-refractivity contribution in [3.8, 4) is 23.3 Å². The van der Waals surface area contributed by atoms with E-state index >= 15 is 0 Å². The summed E-state index contributed by atoms with van der Waals surface area (Å²) in [5.41, 5.74) is 8.91. The van der Waals surface area contributed by atoms with Gasteiger partial charge in [-0.25, -0.2) is 4.79 Å². The van der Waals surface area contributed by atoms with E-state index in [2.05, 4.69) is 6.07 Å². The Balaban J connectivity index is 1.36. The zero-order valence-corrected chi connectivity index (χ0v) is 20.4. The summed E-state index contributed by atoms with van der Waals surface area (Å²) in [5.74, 6) is -0.0217. The third-order valence-electron chi connectivity index (χ3n) is 6.18. The number of nitro benzene ring substituents is 1. The van der Waals surface area contributed by atoms with Crippen molar-refractivity contribution in [2.75, 3.05) is 0 Å². The largest absolute Gasteiger partial charge is 0.489 e. The van der Waals surface area contributed by atoms with Gasteiger partial charge in [0.1, 0.15) is 35.5 Å². The molecule has 0 radical (unpaired) electrons. The van der Waals surface area contributed by atoms with Gasteiger partial charge in [0.15, 0.2) is 0 Å².